The number of carbonyl (C=O) groups is 1. The molecule has 2 heterocycles. The zero-order valence-corrected chi connectivity index (χ0v) is 12.1. The van der Waals surface area contributed by atoms with Crippen molar-refractivity contribution in [2.75, 3.05) is 11.1 Å². The lowest BCUT2D eigenvalue weighted by atomic mass is 10.2. The van der Waals surface area contributed by atoms with Crippen LogP contribution in [0.15, 0.2) is 35.3 Å². The van der Waals surface area contributed by atoms with Crippen molar-refractivity contribution in [1.82, 2.24) is 15.0 Å². The zero-order chi connectivity index (χ0) is 16.6. The number of aromatic nitrogens is 3. The summed E-state index contributed by atoms with van der Waals surface area (Å²) in [4.78, 5) is 33.6. The second-order valence-corrected chi connectivity index (χ2v) is 4.94. The van der Waals surface area contributed by atoms with Crippen LogP contribution in [0.25, 0.3) is 11.0 Å². The minimum atomic E-state index is -1.40. The second kappa shape index (κ2) is 5.41. The third-order valence-electron chi connectivity index (χ3n) is 3.41. The molecule has 8 heteroatoms. The Hall–Kier alpha value is -3.42. The number of fused-ring (bicyclic) bond motifs is 1. The molecule has 0 radical (unpaired) electrons. The molecule has 2 aromatic heterocycles. The van der Waals surface area contributed by atoms with Gasteiger partial charge in [0.1, 0.15) is 11.2 Å². The number of nitrogen functional groups attached to an aromatic ring is 1. The molecule has 0 amide bonds. The predicted molar refractivity (Wildman–Crippen MR) is 86.0 cm³/mol. The van der Waals surface area contributed by atoms with E-state index in [1.54, 1.807) is 0 Å². The van der Waals surface area contributed by atoms with Crippen molar-refractivity contribution in [1.29, 1.82) is 0 Å². The van der Waals surface area contributed by atoms with E-state index in [0.717, 1.165) is 11.3 Å². The van der Waals surface area contributed by atoms with Crippen LogP contribution >= 0.6 is 0 Å². The molecule has 0 fully saturated rings. The molecule has 8 nitrogen and oxygen atoms in total. The smallest absolute Gasteiger partial charge is 0.343 e. The fourth-order valence-corrected chi connectivity index (χ4v) is 2.21. The molecule has 0 aliphatic carbocycles. The molecule has 116 valence electrons. The highest BCUT2D eigenvalue weighted by molar-refractivity contribution is 6.02. The Morgan fingerprint density at radius 3 is 2.78 bits per heavy atom. The molecule has 5 N–H and O–H groups in total. The number of hydrogen-bond acceptors (Lipinski definition) is 6. The standard InChI is InChI=1S/C15H13N5O3/c1-7-4-2-3-5-9(7)18-15-17-6-8-11(16)10(14(22)23)13(21)19-12(8)20-15/h2-6H,1H3,(H,22,23)(H4,16,17,18,19,20,21). The van der Waals surface area contributed by atoms with E-state index in [1.165, 1.54) is 6.20 Å². The summed E-state index contributed by atoms with van der Waals surface area (Å²) < 4.78 is 0. The molecule has 0 atom stereocenters. The Morgan fingerprint density at radius 1 is 1.35 bits per heavy atom. The Labute approximate surface area is 130 Å². The van der Waals surface area contributed by atoms with Crippen LogP contribution < -0.4 is 16.6 Å². The molecular weight excluding hydrogens is 298 g/mol. The number of para-hydroxylation sites is 1. The zero-order valence-electron chi connectivity index (χ0n) is 12.1. The van der Waals surface area contributed by atoms with Gasteiger partial charge in [0.15, 0.2) is 0 Å². The normalized spacial score (nSPS) is 10.7. The maximum absolute atomic E-state index is 11.8. The quantitative estimate of drug-likeness (QED) is 0.577. The number of hydrogen-bond donors (Lipinski definition) is 4. The van der Waals surface area contributed by atoms with E-state index < -0.39 is 17.1 Å². The average Bonchev–Trinajstić information content (AvgIpc) is 2.49. The van der Waals surface area contributed by atoms with Gasteiger partial charge in [-0.3, -0.25) is 4.79 Å². The van der Waals surface area contributed by atoms with Gasteiger partial charge in [-0.15, -0.1) is 0 Å². The van der Waals surface area contributed by atoms with Crippen LogP contribution in [-0.4, -0.2) is 26.0 Å². The first kappa shape index (κ1) is 14.5. The number of benzene rings is 1. The van der Waals surface area contributed by atoms with Gasteiger partial charge in [0, 0.05) is 11.9 Å². The molecular formula is C15H13N5O3. The van der Waals surface area contributed by atoms with E-state index in [1.807, 2.05) is 31.2 Å². The number of rotatable bonds is 3. The number of carboxylic acid groups (broad SMARTS) is 1. The molecule has 0 bridgehead atoms. The summed E-state index contributed by atoms with van der Waals surface area (Å²) in [6, 6.07) is 7.58. The summed E-state index contributed by atoms with van der Waals surface area (Å²) >= 11 is 0. The van der Waals surface area contributed by atoms with Crippen molar-refractivity contribution in [3.8, 4) is 0 Å². The number of aryl methyl sites for hydroxylation is 1. The van der Waals surface area contributed by atoms with Gasteiger partial charge < -0.3 is 21.1 Å². The third kappa shape index (κ3) is 2.57. The number of aromatic amines is 1. The van der Waals surface area contributed by atoms with E-state index in [-0.39, 0.29) is 22.7 Å². The Morgan fingerprint density at radius 2 is 2.09 bits per heavy atom. The van der Waals surface area contributed by atoms with Crippen molar-refractivity contribution >= 4 is 34.3 Å². The number of carboxylic acids is 1. The van der Waals surface area contributed by atoms with E-state index in [2.05, 4.69) is 20.3 Å². The highest BCUT2D eigenvalue weighted by Gasteiger charge is 2.17. The average molecular weight is 311 g/mol. The second-order valence-electron chi connectivity index (χ2n) is 4.94. The summed E-state index contributed by atoms with van der Waals surface area (Å²) in [5.41, 5.74) is 6.27. The number of nitrogens with two attached hydrogens (primary N) is 1. The number of pyridine rings is 1. The Kier molecular flexibility index (Phi) is 3.41. The highest BCUT2D eigenvalue weighted by atomic mass is 16.4. The molecule has 0 aliphatic rings. The minimum Gasteiger partial charge on any atom is -0.477 e. The van der Waals surface area contributed by atoms with Crippen LogP contribution in [0, 0.1) is 6.92 Å². The van der Waals surface area contributed by atoms with Crippen molar-refractivity contribution in [3.63, 3.8) is 0 Å². The summed E-state index contributed by atoms with van der Waals surface area (Å²) in [6.07, 6.45) is 1.38. The molecule has 0 spiro atoms. The molecule has 3 rings (SSSR count). The van der Waals surface area contributed by atoms with Crippen LogP contribution in [0.4, 0.5) is 17.3 Å². The maximum Gasteiger partial charge on any atom is 0.343 e. The van der Waals surface area contributed by atoms with Crippen molar-refractivity contribution in [2.45, 2.75) is 6.92 Å². The lowest BCUT2D eigenvalue weighted by Gasteiger charge is -2.09. The number of anilines is 3. The lowest BCUT2D eigenvalue weighted by Crippen LogP contribution is -2.21. The number of nitrogens with one attached hydrogen (secondary N) is 2. The van der Waals surface area contributed by atoms with Gasteiger partial charge in [-0.25, -0.2) is 9.78 Å². The van der Waals surface area contributed by atoms with Gasteiger partial charge in [0.05, 0.1) is 11.1 Å². The molecule has 1 aromatic carbocycles. The summed E-state index contributed by atoms with van der Waals surface area (Å²) in [7, 11) is 0. The molecule has 0 saturated heterocycles. The molecule has 23 heavy (non-hydrogen) atoms. The fraction of sp³-hybridized carbons (Fsp3) is 0.0667. The molecule has 0 aliphatic heterocycles. The van der Waals surface area contributed by atoms with Gasteiger partial charge in [-0.1, -0.05) is 18.2 Å². The minimum absolute atomic E-state index is 0.154. The monoisotopic (exact) mass is 311 g/mol. The number of aromatic carboxylic acids is 1. The molecule has 0 saturated carbocycles. The van der Waals surface area contributed by atoms with Gasteiger partial charge >= 0.3 is 5.97 Å². The van der Waals surface area contributed by atoms with Crippen LogP contribution in [0.1, 0.15) is 15.9 Å². The van der Waals surface area contributed by atoms with Crippen LogP contribution in [0.5, 0.6) is 0 Å². The molecule has 0 unspecified atom stereocenters. The largest absolute Gasteiger partial charge is 0.477 e. The maximum atomic E-state index is 11.8. The van der Waals surface area contributed by atoms with Gasteiger partial charge in [-0.05, 0) is 18.6 Å². The van der Waals surface area contributed by atoms with E-state index >= 15 is 0 Å². The summed E-state index contributed by atoms with van der Waals surface area (Å²) in [5, 5.41) is 12.3. The number of nitrogens with zero attached hydrogens (tertiary/aromatic N) is 2. The van der Waals surface area contributed by atoms with E-state index in [9.17, 15) is 9.59 Å². The van der Waals surface area contributed by atoms with Crippen LogP contribution in [-0.2, 0) is 0 Å². The first-order chi connectivity index (χ1) is 11.0. The van der Waals surface area contributed by atoms with E-state index in [0.29, 0.717) is 0 Å². The SMILES string of the molecule is Cc1ccccc1Nc1ncc2c(N)c(C(=O)O)c(=O)[nH]c2n1. The van der Waals surface area contributed by atoms with Crippen LogP contribution in [0.3, 0.4) is 0 Å². The van der Waals surface area contributed by atoms with Crippen molar-refractivity contribution in [2.24, 2.45) is 0 Å². The first-order valence-electron chi connectivity index (χ1n) is 6.72. The number of H-pyrrole nitrogens is 1. The van der Waals surface area contributed by atoms with Crippen molar-refractivity contribution < 1.29 is 9.90 Å². The Balaban J connectivity index is 2.10. The van der Waals surface area contributed by atoms with Gasteiger partial charge in [0.2, 0.25) is 5.95 Å². The lowest BCUT2D eigenvalue weighted by molar-refractivity contribution is 0.0696. The Bertz CT molecular complexity index is 980. The summed E-state index contributed by atoms with van der Waals surface area (Å²) in [5.74, 6) is -1.13. The van der Waals surface area contributed by atoms with Gasteiger partial charge in [-0.2, -0.15) is 4.98 Å². The van der Waals surface area contributed by atoms with Crippen LogP contribution in [0.2, 0.25) is 0 Å². The first-order valence-corrected chi connectivity index (χ1v) is 6.72. The highest BCUT2D eigenvalue weighted by Crippen LogP contribution is 2.22. The topological polar surface area (TPSA) is 134 Å². The molecule has 3 aromatic rings. The third-order valence-corrected chi connectivity index (χ3v) is 3.41. The fourth-order valence-electron chi connectivity index (χ4n) is 2.21. The predicted octanol–water partition coefficient (Wildman–Crippen LogP) is 1.65. The van der Waals surface area contributed by atoms with Gasteiger partial charge in [0.25, 0.3) is 5.56 Å². The van der Waals surface area contributed by atoms with Crippen molar-refractivity contribution in [3.05, 3.63) is 51.9 Å². The van der Waals surface area contributed by atoms with E-state index in [4.69, 9.17) is 10.8 Å². The summed E-state index contributed by atoms with van der Waals surface area (Å²) in [6.45, 7) is 1.93.